The lowest BCUT2D eigenvalue weighted by atomic mass is 10.0. The van der Waals surface area contributed by atoms with E-state index in [0.717, 1.165) is 69.3 Å². The van der Waals surface area contributed by atoms with Gasteiger partial charge in [0.15, 0.2) is 5.75 Å². The van der Waals surface area contributed by atoms with Gasteiger partial charge in [0.05, 0.1) is 43.9 Å². The van der Waals surface area contributed by atoms with Crippen LogP contribution in [0.2, 0.25) is 0 Å². The maximum atomic E-state index is 6.26. The first-order valence-electron chi connectivity index (χ1n) is 13.0. The standard InChI is InChI=1S/C32H37N3O2/c1-7-35(5,8-2)22-23-13-15-24(16-14-23)32-26(19-25-20-27(36-6)17-18-28(25)34(32)4)21-31-33(3)29-11-9-10-12-30(29)37-31/h9-21H,7-8,22H2,1-6H3/q+2/b31-21+. The van der Waals surface area contributed by atoms with Crippen molar-refractivity contribution in [1.29, 1.82) is 0 Å². The molecule has 3 aromatic carbocycles. The maximum Gasteiger partial charge on any atom is 0.220 e. The quantitative estimate of drug-likeness (QED) is 0.227. The normalized spacial score (nSPS) is 14.2. The summed E-state index contributed by atoms with van der Waals surface area (Å²) in [5.74, 6) is 2.53. The molecule has 0 fully saturated rings. The Labute approximate surface area is 220 Å². The maximum absolute atomic E-state index is 6.26. The van der Waals surface area contributed by atoms with Crippen LogP contribution in [-0.2, 0) is 13.6 Å². The van der Waals surface area contributed by atoms with E-state index in [9.17, 15) is 0 Å². The summed E-state index contributed by atoms with van der Waals surface area (Å²) in [7, 11) is 8.22. The Bertz CT molecular complexity index is 1470. The number of quaternary nitrogens is 1. The number of pyridine rings is 1. The summed E-state index contributed by atoms with van der Waals surface area (Å²) in [4.78, 5) is 2.10. The van der Waals surface area contributed by atoms with Gasteiger partial charge in [-0.15, -0.1) is 0 Å². The number of anilines is 1. The van der Waals surface area contributed by atoms with Crippen LogP contribution in [0.15, 0.2) is 78.7 Å². The zero-order valence-electron chi connectivity index (χ0n) is 22.8. The van der Waals surface area contributed by atoms with Crippen molar-refractivity contribution < 1.29 is 18.5 Å². The van der Waals surface area contributed by atoms with E-state index in [2.05, 4.69) is 92.0 Å². The number of aryl methyl sites for hydroxylation is 1. The van der Waals surface area contributed by atoms with Gasteiger partial charge in [-0.25, -0.2) is 0 Å². The molecule has 0 radical (unpaired) electrons. The van der Waals surface area contributed by atoms with E-state index in [0.29, 0.717) is 0 Å². The van der Waals surface area contributed by atoms with E-state index in [-0.39, 0.29) is 0 Å². The first-order valence-corrected chi connectivity index (χ1v) is 13.0. The van der Waals surface area contributed by atoms with Gasteiger partial charge in [-0.3, -0.25) is 0 Å². The van der Waals surface area contributed by atoms with Crippen LogP contribution in [0, 0.1) is 0 Å². The predicted molar refractivity (Wildman–Crippen MR) is 152 cm³/mol. The fourth-order valence-electron chi connectivity index (χ4n) is 5.14. The van der Waals surface area contributed by atoms with Crippen LogP contribution in [0.3, 0.4) is 0 Å². The molecule has 0 bridgehead atoms. The summed E-state index contributed by atoms with van der Waals surface area (Å²) in [5.41, 5.74) is 6.99. The van der Waals surface area contributed by atoms with Crippen molar-refractivity contribution in [2.75, 3.05) is 39.2 Å². The van der Waals surface area contributed by atoms with Crippen molar-refractivity contribution in [3.05, 3.63) is 89.8 Å². The largest absolute Gasteiger partial charge is 0.497 e. The zero-order valence-corrected chi connectivity index (χ0v) is 22.8. The fourth-order valence-corrected chi connectivity index (χ4v) is 5.14. The first-order chi connectivity index (χ1) is 17.9. The minimum absolute atomic E-state index is 0.806. The second kappa shape index (κ2) is 9.91. The lowest BCUT2D eigenvalue weighted by Crippen LogP contribution is -2.42. The van der Waals surface area contributed by atoms with Crippen LogP contribution in [-0.4, -0.2) is 38.8 Å². The highest BCUT2D eigenvalue weighted by Gasteiger charge is 2.26. The lowest BCUT2D eigenvalue weighted by Gasteiger charge is -2.32. The van der Waals surface area contributed by atoms with E-state index in [1.165, 1.54) is 11.1 Å². The Hall–Kier alpha value is -3.83. The van der Waals surface area contributed by atoms with Crippen molar-refractivity contribution in [1.82, 2.24) is 0 Å². The van der Waals surface area contributed by atoms with Crippen LogP contribution in [0.1, 0.15) is 25.0 Å². The second-order valence-corrected chi connectivity index (χ2v) is 10.2. The molecule has 0 N–H and O–H groups in total. The van der Waals surface area contributed by atoms with Gasteiger partial charge in [-0.05, 0) is 56.3 Å². The molecule has 4 aromatic rings. The minimum atomic E-state index is 0.806. The average molecular weight is 496 g/mol. The van der Waals surface area contributed by atoms with E-state index in [1.54, 1.807) is 7.11 Å². The topological polar surface area (TPSA) is 25.6 Å². The van der Waals surface area contributed by atoms with Gasteiger partial charge in [0.2, 0.25) is 17.1 Å². The Morgan fingerprint density at radius 2 is 1.70 bits per heavy atom. The number of aromatic nitrogens is 1. The Balaban J connectivity index is 1.63. The molecule has 5 rings (SSSR count). The molecule has 1 aliphatic heterocycles. The Morgan fingerprint density at radius 1 is 0.973 bits per heavy atom. The van der Waals surface area contributed by atoms with Crippen LogP contribution in [0.25, 0.3) is 28.2 Å². The van der Waals surface area contributed by atoms with Gasteiger partial charge >= 0.3 is 0 Å². The lowest BCUT2D eigenvalue weighted by molar-refractivity contribution is -0.919. The third-order valence-corrected chi connectivity index (χ3v) is 7.89. The number of fused-ring (bicyclic) bond motifs is 2. The van der Waals surface area contributed by atoms with Crippen molar-refractivity contribution in [2.45, 2.75) is 20.4 Å². The van der Waals surface area contributed by atoms with Crippen LogP contribution >= 0.6 is 0 Å². The number of hydrogen-bond donors (Lipinski definition) is 0. The monoisotopic (exact) mass is 495 g/mol. The highest BCUT2D eigenvalue weighted by atomic mass is 16.5. The van der Waals surface area contributed by atoms with Crippen molar-refractivity contribution >= 4 is 22.7 Å². The second-order valence-electron chi connectivity index (χ2n) is 10.2. The third kappa shape index (κ3) is 4.67. The molecule has 0 aliphatic carbocycles. The number of hydrogen-bond acceptors (Lipinski definition) is 3. The molecule has 0 atom stereocenters. The summed E-state index contributed by atoms with van der Waals surface area (Å²) in [5, 5.41) is 1.12. The molecule has 0 amide bonds. The first kappa shape index (κ1) is 24.8. The summed E-state index contributed by atoms with van der Waals surface area (Å²) in [6, 6.07) is 25.7. The third-order valence-electron chi connectivity index (χ3n) is 7.89. The Morgan fingerprint density at radius 3 is 2.38 bits per heavy atom. The predicted octanol–water partition coefficient (Wildman–Crippen LogP) is 6.15. The molecule has 0 saturated carbocycles. The van der Waals surface area contributed by atoms with Gasteiger partial charge < -0.3 is 18.9 Å². The molecule has 5 nitrogen and oxygen atoms in total. The number of benzene rings is 3. The van der Waals surface area contributed by atoms with E-state index in [1.807, 2.05) is 31.3 Å². The van der Waals surface area contributed by atoms with E-state index < -0.39 is 0 Å². The molecular weight excluding hydrogens is 458 g/mol. The molecule has 2 heterocycles. The zero-order chi connectivity index (χ0) is 26.2. The SMILES string of the molecule is CC[N+](C)(CC)Cc1ccc(-c2c(/C=C3/Oc4ccccc4N3C)cc3cc(OC)ccc3[n+]2C)cc1. The van der Waals surface area contributed by atoms with E-state index >= 15 is 0 Å². The highest BCUT2D eigenvalue weighted by Crippen LogP contribution is 2.39. The summed E-state index contributed by atoms with van der Waals surface area (Å²) >= 11 is 0. The molecule has 190 valence electrons. The molecule has 0 saturated heterocycles. The van der Waals surface area contributed by atoms with Crippen molar-refractivity contribution in [3.63, 3.8) is 0 Å². The molecule has 0 unspecified atom stereocenters. The van der Waals surface area contributed by atoms with Gasteiger partial charge in [0.1, 0.15) is 19.3 Å². The van der Waals surface area contributed by atoms with Crippen molar-refractivity contribution in [3.8, 4) is 22.8 Å². The molecule has 5 heteroatoms. The smallest absolute Gasteiger partial charge is 0.220 e. The summed E-state index contributed by atoms with van der Waals surface area (Å²) in [6.07, 6.45) is 2.14. The highest BCUT2D eigenvalue weighted by molar-refractivity contribution is 5.85. The Kier molecular flexibility index (Phi) is 6.65. The van der Waals surface area contributed by atoms with Crippen LogP contribution < -0.4 is 18.9 Å². The number of nitrogens with zero attached hydrogens (tertiary/aromatic N) is 3. The van der Waals surface area contributed by atoms with Gasteiger partial charge in [-0.1, -0.05) is 24.3 Å². The summed E-state index contributed by atoms with van der Waals surface area (Å²) in [6.45, 7) is 7.80. The number of rotatable bonds is 7. The summed E-state index contributed by atoms with van der Waals surface area (Å²) < 4.78 is 15.1. The van der Waals surface area contributed by atoms with Crippen LogP contribution in [0.5, 0.6) is 11.5 Å². The number of para-hydroxylation sites is 2. The molecular formula is C32H37N3O2+2. The van der Waals surface area contributed by atoms with Crippen molar-refractivity contribution in [2.24, 2.45) is 7.05 Å². The van der Waals surface area contributed by atoms with Gasteiger partial charge in [0.25, 0.3) is 0 Å². The number of ether oxygens (including phenoxy) is 2. The molecule has 0 spiro atoms. The molecule has 1 aliphatic rings. The average Bonchev–Trinajstić information content (AvgIpc) is 3.24. The van der Waals surface area contributed by atoms with Gasteiger partial charge in [-0.2, -0.15) is 4.57 Å². The molecule has 37 heavy (non-hydrogen) atoms. The molecule has 1 aromatic heterocycles. The number of methoxy groups -OCH3 is 1. The van der Waals surface area contributed by atoms with Gasteiger partial charge in [0, 0.05) is 30.3 Å². The minimum Gasteiger partial charge on any atom is -0.497 e. The van der Waals surface area contributed by atoms with Crippen LogP contribution in [0.4, 0.5) is 5.69 Å². The fraction of sp³-hybridized carbons (Fsp3) is 0.281. The van der Waals surface area contributed by atoms with E-state index in [4.69, 9.17) is 9.47 Å².